The molecule has 0 radical (unpaired) electrons. The Bertz CT molecular complexity index is 506. The zero-order valence-electron chi connectivity index (χ0n) is 10.2. The van der Waals surface area contributed by atoms with Crippen LogP contribution in [0.1, 0.15) is 37.7 Å². The Morgan fingerprint density at radius 1 is 1.12 bits per heavy atom. The van der Waals surface area contributed by atoms with Gasteiger partial charge in [0, 0.05) is 29.1 Å². The molecule has 3 rings (SSSR count). The normalized spacial score (nSPS) is 19.6. The van der Waals surface area contributed by atoms with Crippen LogP contribution >= 0.6 is 0 Å². The molecule has 0 atom stereocenters. The standard InChI is InChI=1S/C15H20N2/c16-11-15(8-2-1-3-9-15)13-5-4-6-14-12(13)7-10-17-14/h4-7,10,17H,1-3,8-9,11,16H2. The van der Waals surface area contributed by atoms with Gasteiger partial charge in [-0.3, -0.25) is 0 Å². The summed E-state index contributed by atoms with van der Waals surface area (Å²) in [5, 5.41) is 1.36. The van der Waals surface area contributed by atoms with Crippen molar-refractivity contribution in [3.63, 3.8) is 0 Å². The van der Waals surface area contributed by atoms with Crippen LogP contribution in [0.15, 0.2) is 30.5 Å². The SMILES string of the molecule is NCC1(c2cccc3[nH]ccc23)CCCCC1. The van der Waals surface area contributed by atoms with Gasteiger partial charge in [0.15, 0.2) is 0 Å². The molecular weight excluding hydrogens is 208 g/mol. The van der Waals surface area contributed by atoms with Gasteiger partial charge in [-0.25, -0.2) is 0 Å². The third-order valence-electron chi connectivity index (χ3n) is 4.37. The summed E-state index contributed by atoms with van der Waals surface area (Å²) in [6, 6.07) is 8.76. The van der Waals surface area contributed by atoms with E-state index in [1.807, 2.05) is 6.20 Å². The number of hydrogen-bond donors (Lipinski definition) is 2. The number of aromatic amines is 1. The molecule has 0 unspecified atom stereocenters. The van der Waals surface area contributed by atoms with Crippen LogP contribution in [-0.2, 0) is 5.41 Å². The fourth-order valence-corrected chi connectivity index (χ4v) is 3.36. The smallest absolute Gasteiger partial charge is 0.0456 e. The van der Waals surface area contributed by atoms with E-state index in [9.17, 15) is 0 Å². The Labute approximate surface area is 102 Å². The molecule has 3 N–H and O–H groups in total. The van der Waals surface area contributed by atoms with Crippen LogP contribution < -0.4 is 5.73 Å². The van der Waals surface area contributed by atoms with Gasteiger partial charge in [0.25, 0.3) is 0 Å². The number of H-pyrrole nitrogens is 1. The maximum absolute atomic E-state index is 6.12. The van der Waals surface area contributed by atoms with Crippen LogP contribution in [0.25, 0.3) is 10.9 Å². The van der Waals surface area contributed by atoms with Gasteiger partial charge < -0.3 is 10.7 Å². The maximum Gasteiger partial charge on any atom is 0.0456 e. The second kappa shape index (κ2) is 4.19. The molecule has 1 fully saturated rings. The molecule has 1 saturated carbocycles. The first kappa shape index (κ1) is 10.8. The Balaban J connectivity index is 2.14. The monoisotopic (exact) mass is 228 g/mol. The molecule has 0 aliphatic heterocycles. The summed E-state index contributed by atoms with van der Waals surface area (Å²) in [5.41, 5.74) is 9.04. The first-order valence-corrected chi connectivity index (χ1v) is 6.62. The van der Waals surface area contributed by atoms with Crippen LogP contribution in [-0.4, -0.2) is 11.5 Å². The van der Waals surface area contributed by atoms with E-state index in [0.29, 0.717) is 0 Å². The number of rotatable bonds is 2. The molecule has 1 aliphatic carbocycles. The highest BCUT2D eigenvalue weighted by molar-refractivity contribution is 5.84. The van der Waals surface area contributed by atoms with Crippen molar-refractivity contribution in [2.75, 3.05) is 6.54 Å². The summed E-state index contributed by atoms with van der Waals surface area (Å²) in [7, 11) is 0. The molecule has 2 heteroatoms. The molecule has 1 heterocycles. The third kappa shape index (κ3) is 1.67. The fraction of sp³-hybridized carbons (Fsp3) is 0.467. The number of nitrogens with one attached hydrogen (secondary N) is 1. The zero-order chi connectivity index (χ0) is 11.7. The lowest BCUT2D eigenvalue weighted by molar-refractivity contribution is 0.303. The first-order chi connectivity index (χ1) is 8.36. The van der Waals surface area contributed by atoms with Crippen LogP contribution in [0.3, 0.4) is 0 Å². The van der Waals surface area contributed by atoms with Gasteiger partial charge in [-0.2, -0.15) is 0 Å². The first-order valence-electron chi connectivity index (χ1n) is 6.62. The molecule has 17 heavy (non-hydrogen) atoms. The predicted molar refractivity (Wildman–Crippen MR) is 72.1 cm³/mol. The van der Waals surface area contributed by atoms with Crippen molar-refractivity contribution in [3.05, 3.63) is 36.0 Å². The van der Waals surface area contributed by atoms with Gasteiger partial charge in [-0.05, 0) is 30.5 Å². The van der Waals surface area contributed by atoms with Crippen molar-refractivity contribution < 1.29 is 0 Å². The van der Waals surface area contributed by atoms with Crippen molar-refractivity contribution in [3.8, 4) is 0 Å². The average molecular weight is 228 g/mol. The second-order valence-electron chi connectivity index (χ2n) is 5.29. The molecule has 90 valence electrons. The minimum absolute atomic E-state index is 0.222. The minimum atomic E-state index is 0.222. The lowest BCUT2D eigenvalue weighted by atomic mass is 9.68. The van der Waals surface area contributed by atoms with E-state index in [2.05, 4.69) is 29.2 Å². The Morgan fingerprint density at radius 3 is 2.71 bits per heavy atom. The molecule has 2 aromatic rings. The highest BCUT2D eigenvalue weighted by Gasteiger charge is 2.33. The number of fused-ring (bicyclic) bond motifs is 1. The van der Waals surface area contributed by atoms with E-state index in [-0.39, 0.29) is 5.41 Å². The van der Waals surface area contributed by atoms with E-state index < -0.39 is 0 Å². The van der Waals surface area contributed by atoms with Crippen molar-refractivity contribution in [1.29, 1.82) is 0 Å². The summed E-state index contributed by atoms with van der Waals surface area (Å²) in [5.74, 6) is 0. The molecular formula is C15H20N2. The van der Waals surface area contributed by atoms with Crippen molar-refractivity contribution >= 4 is 10.9 Å². The largest absolute Gasteiger partial charge is 0.361 e. The number of aromatic nitrogens is 1. The summed E-state index contributed by atoms with van der Waals surface area (Å²) in [6.07, 6.45) is 8.52. The van der Waals surface area contributed by atoms with E-state index in [0.717, 1.165) is 6.54 Å². The summed E-state index contributed by atoms with van der Waals surface area (Å²) < 4.78 is 0. The number of benzene rings is 1. The molecule has 1 aromatic carbocycles. The summed E-state index contributed by atoms with van der Waals surface area (Å²) in [6.45, 7) is 0.775. The van der Waals surface area contributed by atoms with Crippen LogP contribution in [0, 0.1) is 0 Å². The minimum Gasteiger partial charge on any atom is -0.361 e. The Kier molecular flexibility index (Phi) is 2.67. The summed E-state index contributed by atoms with van der Waals surface area (Å²) in [4.78, 5) is 3.30. The van der Waals surface area contributed by atoms with Crippen molar-refractivity contribution in [1.82, 2.24) is 4.98 Å². The third-order valence-corrected chi connectivity index (χ3v) is 4.37. The van der Waals surface area contributed by atoms with Crippen LogP contribution in [0.4, 0.5) is 0 Å². The van der Waals surface area contributed by atoms with Gasteiger partial charge in [-0.1, -0.05) is 31.4 Å². The van der Waals surface area contributed by atoms with Gasteiger partial charge in [0.05, 0.1) is 0 Å². The molecule has 1 aliphatic rings. The summed E-state index contributed by atoms with van der Waals surface area (Å²) >= 11 is 0. The van der Waals surface area contributed by atoms with E-state index >= 15 is 0 Å². The van der Waals surface area contributed by atoms with E-state index in [4.69, 9.17) is 5.73 Å². The Hall–Kier alpha value is -1.28. The maximum atomic E-state index is 6.12. The highest BCUT2D eigenvalue weighted by atomic mass is 14.7. The Morgan fingerprint density at radius 2 is 1.94 bits per heavy atom. The highest BCUT2D eigenvalue weighted by Crippen LogP contribution is 2.41. The lowest BCUT2D eigenvalue weighted by Crippen LogP contribution is -2.37. The molecule has 0 spiro atoms. The molecule has 1 aromatic heterocycles. The predicted octanol–water partition coefficient (Wildman–Crippen LogP) is 3.33. The van der Waals surface area contributed by atoms with Crippen LogP contribution in [0.5, 0.6) is 0 Å². The lowest BCUT2D eigenvalue weighted by Gasteiger charge is -2.37. The zero-order valence-corrected chi connectivity index (χ0v) is 10.2. The molecule has 0 saturated heterocycles. The van der Waals surface area contributed by atoms with Crippen molar-refractivity contribution in [2.24, 2.45) is 5.73 Å². The molecule has 2 nitrogen and oxygen atoms in total. The average Bonchev–Trinajstić information content (AvgIpc) is 2.87. The number of nitrogens with two attached hydrogens (primary N) is 1. The second-order valence-corrected chi connectivity index (χ2v) is 5.29. The van der Waals surface area contributed by atoms with E-state index in [1.165, 1.54) is 48.6 Å². The van der Waals surface area contributed by atoms with Gasteiger partial charge in [0.2, 0.25) is 0 Å². The number of hydrogen-bond acceptors (Lipinski definition) is 1. The molecule has 0 amide bonds. The van der Waals surface area contributed by atoms with E-state index in [1.54, 1.807) is 0 Å². The fourth-order valence-electron chi connectivity index (χ4n) is 3.36. The quantitative estimate of drug-likeness (QED) is 0.813. The van der Waals surface area contributed by atoms with Crippen molar-refractivity contribution in [2.45, 2.75) is 37.5 Å². The van der Waals surface area contributed by atoms with Gasteiger partial charge >= 0.3 is 0 Å². The van der Waals surface area contributed by atoms with Gasteiger partial charge in [-0.15, -0.1) is 0 Å². The topological polar surface area (TPSA) is 41.8 Å². The van der Waals surface area contributed by atoms with Gasteiger partial charge in [0.1, 0.15) is 0 Å². The van der Waals surface area contributed by atoms with Crippen LogP contribution in [0.2, 0.25) is 0 Å². The molecule has 0 bridgehead atoms.